The number of nitrogens with zero attached hydrogens (tertiary/aromatic N) is 3. The molecule has 5 aromatic carbocycles. The van der Waals surface area contributed by atoms with E-state index in [1.807, 2.05) is 37.2 Å². The predicted molar refractivity (Wildman–Crippen MR) is 197 cm³/mol. The molecule has 0 saturated heterocycles. The third-order valence-electron chi connectivity index (χ3n) is 7.35. The van der Waals surface area contributed by atoms with Crippen molar-refractivity contribution in [3.05, 3.63) is 133 Å². The summed E-state index contributed by atoms with van der Waals surface area (Å²) in [4.78, 5) is 52.6. The monoisotopic (exact) mass is 667 g/mol. The number of aromatic hydroxyl groups is 1. The number of benzene rings is 5. The number of hydrogen-bond acceptors (Lipinski definition) is 8. The summed E-state index contributed by atoms with van der Waals surface area (Å²) in [6.07, 6.45) is 2.14. The number of carbonyl (C=O) groups excluding carboxylic acids is 4. The molecule has 0 radical (unpaired) electrons. The average Bonchev–Trinajstić information content (AvgIpc) is 3.11. The Morgan fingerprint density at radius 2 is 1.24 bits per heavy atom. The van der Waals surface area contributed by atoms with Crippen molar-refractivity contribution < 1.29 is 24.3 Å². The summed E-state index contributed by atoms with van der Waals surface area (Å²) < 4.78 is 0. The number of carbonyl (C=O) groups is 4. The molecule has 12 heteroatoms. The molecule has 5 N–H and O–H groups in total. The molecule has 0 bridgehead atoms. The van der Waals surface area contributed by atoms with Gasteiger partial charge in [-0.15, -0.1) is 5.11 Å². The highest BCUT2D eigenvalue weighted by atomic mass is 16.3. The first-order valence-corrected chi connectivity index (χ1v) is 15.2. The van der Waals surface area contributed by atoms with Crippen LogP contribution >= 0.6 is 0 Å². The van der Waals surface area contributed by atoms with Gasteiger partial charge in [0.25, 0.3) is 11.8 Å². The summed E-state index contributed by atoms with van der Waals surface area (Å²) in [6, 6.07) is 26.9. The van der Waals surface area contributed by atoms with E-state index in [9.17, 15) is 24.3 Å². The van der Waals surface area contributed by atoms with Crippen LogP contribution in [0, 0.1) is 0 Å². The molecule has 0 aliphatic carbocycles. The first kappa shape index (κ1) is 34.3. The molecular weight excluding hydrogens is 634 g/mol. The fourth-order valence-electron chi connectivity index (χ4n) is 4.88. The van der Waals surface area contributed by atoms with E-state index in [0.29, 0.717) is 27.8 Å². The molecule has 0 fully saturated rings. The van der Waals surface area contributed by atoms with Gasteiger partial charge in [-0.1, -0.05) is 43.5 Å². The highest BCUT2D eigenvalue weighted by molar-refractivity contribution is 6.12. The lowest BCUT2D eigenvalue weighted by atomic mass is 10.0. The van der Waals surface area contributed by atoms with Crippen LogP contribution in [-0.4, -0.2) is 42.8 Å². The van der Waals surface area contributed by atoms with E-state index in [-0.39, 0.29) is 33.9 Å². The second-order valence-corrected chi connectivity index (χ2v) is 11.1. The van der Waals surface area contributed by atoms with Gasteiger partial charge in [-0.2, -0.15) is 5.11 Å². The number of phenols is 1. The van der Waals surface area contributed by atoms with E-state index in [1.54, 1.807) is 54.6 Å². The van der Waals surface area contributed by atoms with Gasteiger partial charge in [-0.25, -0.2) is 0 Å². The number of nitrogens with one attached hydrogen (secondary N) is 4. The first-order valence-electron chi connectivity index (χ1n) is 15.2. The van der Waals surface area contributed by atoms with Crippen molar-refractivity contribution in [1.82, 2.24) is 0 Å². The average molecular weight is 668 g/mol. The third kappa shape index (κ3) is 8.25. The molecule has 0 heterocycles. The Labute approximate surface area is 287 Å². The summed E-state index contributed by atoms with van der Waals surface area (Å²) in [5.74, 6) is -2.53. The molecule has 0 atom stereocenters. The largest absolute Gasteiger partial charge is 0.505 e. The van der Waals surface area contributed by atoms with Gasteiger partial charge in [0.2, 0.25) is 11.8 Å². The second-order valence-electron chi connectivity index (χ2n) is 11.1. The van der Waals surface area contributed by atoms with Gasteiger partial charge < -0.3 is 31.3 Å². The van der Waals surface area contributed by atoms with Crippen molar-refractivity contribution >= 4 is 74.2 Å². The number of hydrogen-bond donors (Lipinski definition) is 5. The van der Waals surface area contributed by atoms with E-state index in [2.05, 4.69) is 44.7 Å². The fraction of sp³-hybridized carbons (Fsp3) is 0.0526. The Kier molecular flexibility index (Phi) is 10.4. The number of fused-ring (bicyclic) bond motifs is 1. The normalized spacial score (nSPS) is 10.7. The Balaban J connectivity index is 1.38. The molecule has 0 aliphatic rings. The Bertz CT molecular complexity index is 2140. The number of rotatable bonds is 11. The van der Waals surface area contributed by atoms with E-state index in [0.717, 1.165) is 17.8 Å². The third-order valence-corrected chi connectivity index (χ3v) is 7.35. The molecule has 5 aromatic rings. The maximum Gasteiger partial charge on any atom is 0.259 e. The molecule has 0 spiro atoms. The number of azo groups is 1. The smallest absolute Gasteiger partial charge is 0.259 e. The number of amides is 4. The van der Waals surface area contributed by atoms with Gasteiger partial charge in [-0.3, -0.25) is 19.2 Å². The van der Waals surface area contributed by atoms with Gasteiger partial charge in [0.05, 0.1) is 11.3 Å². The molecular formula is C38H33N7O5. The van der Waals surface area contributed by atoms with Gasteiger partial charge in [0, 0.05) is 53.5 Å². The SMILES string of the molecule is C=CC(=O)Nc1cc(NC(=O)C=C)cc(C(=O)Nc2cccc(NC(=O)c3cc4ccccc4c(N=Nc4ccc(N(C)C)cc4)c3O)c2)c1. The van der Waals surface area contributed by atoms with Gasteiger partial charge in [-0.05, 0) is 84.3 Å². The van der Waals surface area contributed by atoms with E-state index in [1.165, 1.54) is 24.3 Å². The zero-order valence-corrected chi connectivity index (χ0v) is 27.2. The van der Waals surface area contributed by atoms with Crippen LogP contribution in [0.2, 0.25) is 0 Å². The van der Waals surface area contributed by atoms with Crippen molar-refractivity contribution in [2.75, 3.05) is 40.3 Å². The summed E-state index contributed by atoms with van der Waals surface area (Å²) in [7, 11) is 3.87. The summed E-state index contributed by atoms with van der Waals surface area (Å²) >= 11 is 0. The van der Waals surface area contributed by atoms with Crippen LogP contribution in [0.25, 0.3) is 10.8 Å². The molecule has 0 aromatic heterocycles. The Morgan fingerprint density at radius 1 is 0.660 bits per heavy atom. The Morgan fingerprint density at radius 3 is 1.84 bits per heavy atom. The minimum atomic E-state index is -0.614. The second kappa shape index (κ2) is 15.2. The zero-order valence-electron chi connectivity index (χ0n) is 27.2. The maximum atomic E-state index is 13.5. The summed E-state index contributed by atoms with van der Waals surface area (Å²) in [5.41, 5.74) is 2.96. The molecule has 12 nitrogen and oxygen atoms in total. The van der Waals surface area contributed by atoms with Crippen molar-refractivity contribution in [1.29, 1.82) is 0 Å². The standard InChI is InChI=1S/C38H33N7O5/c1-5-33(46)39-28-18-24(19-29(22-28)40-34(47)6-2)37(49)41-26-11-9-12-27(21-26)42-38(50)32-20-23-10-7-8-13-31(23)35(36(32)48)44-43-25-14-16-30(17-15-25)45(3)4/h5-22,48H,1-2H2,3-4H3,(H,39,46)(H,40,47)(H,41,49)(H,42,50). The molecule has 50 heavy (non-hydrogen) atoms. The van der Waals surface area contributed by atoms with Gasteiger partial charge >= 0.3 is 0 Å². The lowest BCUT2D eigenvalue weighted by Gasteiger charge is -2.13. The van der Waals surface area contributed by atoms with Crippen LogP contribution in [0.1, 0.15) is 20.7 Å². The van der Waals surface area contributed by atoms with Gasteiger partial charge in [0.15, 0.2) is 5.75 Å². The van der Waals surface area contributed by atoms with Crippen LogP contribution in [0.15, 0.2) is 133 Å². The summed E-state index contributed by atoms with van der Waals surface area (Å²) in [6.45, 7) is 6.85. The number of phenolic OH excluding ortho intramolecular Hbond substituents is 1. The van der Waals surface area contributed by atoms with Crippen LogP contribution < -0.4 is 26.2 Å². The van der Waals surface area contributed by atoms with E-state index in [4.69, 9.17) is 0 Å². The van der Waals surface area contributed by atoms with E-state index >= 15 is 0 Å². The highest BCUT2D eigenvalue weighted by Gasteiger charge is 2.19. The lowest BCUT2D eigenvalue weighted by molar-refractivity contribution is -0.112. The minimum Gasteiger partial charge on any atom is -0.505 e. The van der Waals surface area contributed by atoms with Crippen LogP contribution in [0.3, 0.4) is 0 Å². The van der Waals surface area contributed by atoms with Crippen molar-refractivity contribution in [2.24, 2.45) is 10.2 Å². The minimum absolute atomic E-state index is 0.0254. The molecule has 5 rings (SSSR count). The number of anilines is 5. The van der Waals surface area contributed by atoms with Crippen LogP contribution in [0.5, 0.6) is 5.75 Å². The van der Waals surface area contributed by atoms with Crippen LogP contribution in [-0.2, 0) is 9.59 Å². The predicted octanol–water partition coefficient (Wildman–Crippen LogP) is 7.78. The molecule has 4 amide bonds. The molecule has 0 unspecified atom stereocenters. The van der Waals surface area contributed by atoms with E-state index < -0.39 is 23.6 Å². The molecule has 250 valence electrons. The summed E-state index contributed by atoms with van der Waals surface area (Å²) in [5, 5.41) is 31.9. The van der Waals surface area contributed by atoms with Crippen molar-refractivity contribution in [3.8, 4) is 5.75 Å². The first-order chi connectivity index (χ1) is 24.0. The highest BCUT2D eigenvalue weighted by Crippen LogP contribution is 2.40. The quantitative estimate of drug-likeness (QED) is 0.0713. The molecule has 0 saturated carbocycles. The topological polar surface area (TPSA) is 165 Å². The zero-order chi connectivity index (χ0) is 35.8. The Hall–Kier alpha value is -7.08. The molecule has 0 aliphatic heterocycles. The lowest BCUT2D eigenvalue weighted by Crippen LogP contribution is -2.16. The fourth-order valence-corrected chi connectivity index (χ4v) is 4.88. The van der Waals surface area contributed by atoms with Crippen LogP contribution in [0.4, 0.5) is 39.8 Å². The van der Waals surface area contributed by atoms with Crippen molar-refractivity contribution in [2.45, 2.75) is 0 Å². The maximum absolute atomic E-state index is 13.5. The van der Waals surface area contributed by atoms with Gasteiger partial charge in [0.1, 0.15) is 5.69 Å². The van der Waals surface area contributed by atoms with Crippen molar-refractivity contribution in [3.63, 3.8) is 0 Å².